The predicted molar refractivity (Wildman–Crippen MR) is 68.2 cm³/mol. The summed E-state index contributed by atoms with van der Waals surface area (Å²) in [5, 5.41) is 3.19. The van der Waals surface area contributed by atoms with Crippen LogP contribution in [0.2, 0.25) is 0 Å². The van der Waals surface area contributed by atoms with Gasteiger partial charge in [-0.2, -0.15) is 0 Å². The van der Waals surface area contributed by atoms with Crippen molar-refractivity contribution >= 4 is 10.8 Å². The lowest BCUT2D eigenvalue weighted by Gasteiger charge is -2.12. The molecule has 0 aliphatic rings. The van der Waals surface area contributed by atoms with E-state index in [0.717, 1.165) is 5.56 Å². The third-order valence-corrected chi connectivity index (χ3v) is 3.32. The molecule has 17 heavy (non-hydrogen) atoms. The highest BCUT2D eigenvalue weighted by Gasteiger charge is 2.06. The van der Waals surface area contributed by atoms with Gasteiger partial charge in [0.1, 0.15) is 0 Å². The first-order valence-electron chi connectivity index (χ1n) is 5.38. The normalized spacial score (nSPS) is 14.4. The van der Waals surface area contributed by atoms with Crippen LogP contribution in [0.15, 0.2) is 18.2 Å². The third-order valence-electron chi connectivity index (χ3n) is 2.36. The molecular weight excluding hydrogens is 241 g/mol. The van der Waals surface area contributed by atoms with Crippen molar-refractivity contribution in [2.75, 3.05) is 19.1 Å². The minimum atomic E-state index is -0.820. The fourth-order valence-electron chi connectivity index (χ4n) is 1.52. The molecule has 1 aromatic carbocycles. The first kappa shape index (κ1) is 14.1. The average molecular weight is 259 g/mol. The van der Waals surface area contributed by atoms with E-state index in [4.69, 9.17) is 4.74 Å². The van der Waals surface area contributed by atoms with E-state index in [9.17, 15) is 8.60 Å². The fourth-order valence-corrected chi connectivity index (χ4v) is 2.34. The number of methoxy groups -OCH3 is 1. The van der Waals surface area contributed by atoms with E-state index in [0.29, 0.717) is 12.3 Å². The zero-order valence-electron chi connectivity index (χ0n) is 10.3. The summed E-state index contributed by atoms with van der Waals surface area (Å²) in [6, 6.07) is 5.01. The van der Waals surface area contributed by atoms with Gasteiger partial charge in [-0.3, -0.25) is 4.21 Å². The van der Waals surface area contributed by atoms with E-state index in [-0.39, 0.29) is 17.6 Å². The third kappa shape index (κ3) is 4.83. The number of halogens is 1. The van der Waals surface area contributed by atoms with E-state index in [1.807, 2.05) is 13.0 Å². The molecule has 0 aliphatic carbocycles. The maximum Gasteiger partial charge on any atom is 0.165 e. The van der Waals surface area contributed by atoms with Crippen LogP contribution in [0.3, 0.4) is 0 Å². The molecular formula is C12H18FNO2S. The number of ether oxygens (including phenoxy) is 1. The van der Waals surface area contributed by atoms with Gasteiger partial charge in [0.25, 0.3) is 0 Å². The Bertz CT molecular complexity index is 398. The smallest absolute Gasteiger partial charge is 0.165 e. The molecule has 0 saturated heterocycles. The lowest BCUT2D eigenvalue weighted by atomic mass is 10.2. The van der Waals surface area contributed by atoms with Gasteiger partial charge in [0.15, 0.2) is 11.6 Å². The maximum absolute atomic E-state index is 13.4. The van der Waals surface area contributed by atoms with Crippen molar-refractivity contribution in [3.05, 3.63) is 29.6 Å². The molecule has 2 unspecified atom stereocenters. The highest BCUT2D eigenvalue weighted by atomic mass is 32.2. The number of benzene rings is 1. The molecule has 0 amide bonds. The first-order valence-corrected chi connectivity index (χ1v) is 7.11. The van der Waals surface area contributed by atoms with Gasteiger partial charge in [0, 0.05) is 35.4 Å². The molecule has 0 spiro atoms. The van der Waals surface area contributed by atoms with Crippen LogP contribution in [0.5, 0.6) is 5.75 Å². The summed E-state index contributed by atoms with van der Waals surface area (Å²) in [7, 11) is 0.620. The summed E-state index contributed by atoms with van der Waals surface area (Å²) in [5.74, 6) is 0.480. The second-order valence-electron chi connectivity index (χ2n) is 3.99. The SMILES string of the molecule is COc1ccc(CNC(C)CS(C)=O)cc1F. The van der Waals surface area contributed by atoms with Crippen molar-refractivity contribution in [1.29, 1.82) is 0 Å². The number of nitrogens with one attached hydrogen (secondary N) is 1. The molecule has 0 heterocycles. The Balaban J connectivity index is 2.52. The van der Waals surface area contributed by atoms with Gasteiger partial charge >= 0.3 is 0 Å². The van der Waals surface area contributed by atoms with Gasteiger partial charge in [0.2, 0.25) is 0 Å². The van der Waals surface area contributed by atoms with Crippen LogP contribution in [0.1, 0.15) is 12.5 Å². The van der Waals surface area contributed by atoms with E-state index < -0.39 is 10.8 Å². The predicted octanol–water partition coefficient (Wildman–Crippen LogP) is 1.69. The van der Waals surface area contributed by atoms with Crippen molar-refractivity contribution in [2.24, 2.45) is 0 Å². The quantitative estimate of drug-likeness (QED) is 0.845. The van der Waals surface area contributed by atoms with E-state index in [1.165, 1.54) is 13.2 Å². The molecule has 0 bridgehead atoms. The highest BCUT2D eigenvalue weighted by Crippen LogP contribution is 2.17. The Morgan fingerprint density at radius 1 is 1.53 bits per heavy atom. The molecule has 0 aromatic heterocycles. The van der Waals surface area contributed by atoms with Gasteiger partial charge in [-0.1, -0.05) is 6.07 Å². The van der Waals surface area contributed by atoms with Crippen LogP contribution in [-0.2, 0) is 17.3 Å². The minimum absolute atomic E-state index is 0.144. The van der Waals surface area contributed by atoms with Crippen molar-refractivity contribution in [1.82, 2.24) is 5.32 Å². The summed E-state index contributed by atoms with van der Waals surface area (Å²) in [4.78, 5) is 0. The molecule has 2 atom stereocenters. The minimum Gasteiger partial charge on any atom is -0.494 e. The Labute approximate surface area is 104 Å². The largest absolute Gasteiger partial charge is 0.494 e. The van der Waals surface area contributed by atoms with Gasteiger partial charge < -0.3 is 10.1 Å². The Hall–Kier alpha value is -0.940. The molecule has 96 valence electrons. The molecule has 1 aromatic rings. The van der Waals surface area contributed by atoms with Gasteiger partial charge in [-0.15, -0.1) is 0 Å². The maximum atomic E-state index is 13.4. The molecule has 0 fully saturated rings. The van der Waals surface area contributed by atoms with Crippen LogP contribution >= 0.6 is 0 Å². The monoisotopic (exact) mass is 259 g/mol. The van der Waals surface area contributed by atoms with Crippen LogP contribution in [-0.4, -0.2) is 29.4 Å². The summed E-state index contributed by atoms with van der Waals surface area (Å²) in [6.07, 6.45) is 1.67. The van der Waals surface area contributed by atoms with Gasteiger partial charge in [-0.25, -0.2) is 4.39 Å². The standard InChI is InChI=1S/C12H18FNO2S/c1-9(8-17(3)15)14-7-10-4-5-12(16-2)11(13)6-10/h4-6,9,14H,7-8H2,1-3H3. The summed E-state index contributed by atoms with van der Waals surface area (Å²) >= 11 is 0. The number of hydrogen-bond acceptors (Lipinski definition) is 3. The fraction of sp³-hybridized carbons (Fsp3) is 0.500. The summed E-state index contributed by atoms with van der Waals surface area (Å²) < 4.78 is 29.2. The van der Waals surface area contributed by atoms with Crippen molar-refractivity contribution in [2.45, 2.75) is 19.5 Å². The Kier molecular flexibility index (Phi) is 5.58. The van der Waals surface area contributed by atoms with Gasteiger partial charge in [0.05, 0.1) is 7.11 Å². The number of rotatable bonds is 6. The van der Waals surface area contributed by atoms with Crippen LogP contribution in [0.4, 0.5) is 4.39 Å². The summed E-state index contributed by atoms with van der Waals surface area (Å²) in [6.45, 7) is 2.51. The molecule has 0 saturated carbocycles. The Morgan fingerprint density at radius 2 is 2.24 bits per heavy atom. The lowest BCUT2D eigenvalue weighted by Crippen LogP contribution is -2.30. The molecule has 3 nitrogen and oxygen atoms in total. The highest BCUT2D eigenvalue weighted by molar-refractivity contribution is 7.84. The van der Waals surface area contributed by atoms with Crippen LogP contribution in [0.25, 0.3) is 0 Å². The van der Waals surface area contributed by atoms with E-state index >= 15 is 0 Å². The van der Waals surface area contributed by atoms with Crippen LogP contribution in [0, 0.1) is 5.82 Å². The van der Waals surface area contributed by atoms with Crippen molar-refractivity contribution in [3.8, 4) is 5.75 Å². The zero-order valence-corrected chi connectivity index (χ0v) is 11.1. The average Bonchev–Trinajstić information content (AvgIpc) is 2.25. The van der Waals surface area contributed by atoms with Gasteiger partial charge in [-0.05, 0) is 24.6 Å². The molecule has 5 heteroatoms. The van der Waals surface area contributed by atoms with Crippen molar-refractivity contribution < 1.29 is 13.3 Å². The molecule has 0 aliphatic heterocycles. The second-order valence-corrected chi connectivity index (χ2v) is 5.47. The number of hydrogen-bond donors (Lipinski definition) is 1. The zero-order chi connectivity index (χ0) is 12.8. The summed E-state index contributed by atoms with van der Waals surface area (Å²) in [5.41, 5.74) is 0.844. The second kappa shape index (κ2) is 6.71. The lowest BCUT2D eigenvalue weighted by molar-refractivity contribution is 0.386. The van der Waals surface area contributed by atoms with Crippen molar-refractivity contribution in [3.63, 3.8) is 0 Å². The van der Waals surface area contributed by atoms with E-state index in [2.05, 4.69) is 5.32 Å². The van der Waals surface area contributed by atoms with Crippen LogP contribution < -0.4 is 10.1 Å². The Morgan fingerprint density at radius 3 is 2.76 bits per heavy atom. The topological polar surface area (TPSA) is 38.3 Å². The first-order chi connectivity index (χ1) is 8.02. The molecule has 0 radical (unpaired) electrons. The molecule has 1 N–H and O–H groups in total. The van der Waals surface area contributed by atoms with E-state index in [1.54, 1.807) is 12.3 Å². The molecule has 1 rings (SSSR count).